The van der Waals surface area contributed by atoms with Gasteiger partial charge in [0.05, 0.1) is 10.9 Å². The summed E-state index contributed by atoms with van der Waals surface area (Å²) in [6, 6.07) is 5.03. The third-order valence-corrected chi connectivity index (χ3v) is 6.33. The lowest BCUT2D eigenvalue weighted by molar-refractivity contribution is 0.102. The molecule has 0 saturated heterocycles. The van der Waals surface area contributed by atoms with E-state index in [9.17, 15) is 9.59 Å². The standard InChI is InChI=1S/C18H19N5O2S2/c1-2-26-18-22-21-17(27-18)20-15(24)11-7-8-12-13(10-11)19-14-6-4-3-5-9-23(14)16(12)25/h7-8,10H,2-6,9H2,1H3,(H,20,21,24). The van der Waals surface area contributed by atoms with Crippen LogP contribution in [0.1, 0.15) is 42.4 Å². The van der Waals surface area contributed by atoms with Gasteiger partial charge in [0, 0.05) is 18.5 Å². The lowest BCUT2D eigenvalue weighted by atomic mass is 10.1. The highest BCUT2D eigenvalue weighted by Crippen LogP contribution is 2.25. The molecule has 4 rings (SSSR count). The summed E-state index contributed by atoms with van der Waals surface area (Å²) in [5, 5.41) is 11.8. The zero-order valence-corrected chi connectivity index (χ0v) is 16.5. The molecule has 0 saturated carbocycles. The molecule has 3 heterocycles. The van der Waals surface area contributed by atoms with Crippen LogP contribution < -0.4 is 10.9 Å². The van der Waals surface area contributed by atoms with Crippen LogP contribution in [0, 0.1) is 0 Å². The number of anilines is 1. The van der Waals surface area contributed by atoms with Crippen LogP contribution in [-0.2, 0) is 13.0 Å². The van der Waals surface area contributed by atoms with E-state index >= 15 is 0 Å². The third kappa shape index (κ3) is 3.74. The van der Waals surface area contributed by atoms with Crippen LogP contribution in [0.4, 0.5) is 5.13 Å². The van der Waals surface area contributed by atoms with Crippen molar-refractivity contribution in [3.05, 3.63) is 39.9 Å². The Morgan fingerprint density at radius 3 is 3.04 bits per heavy atom. The molecule has 0 atom stereocenters. The first kappa shape index (κ1) is 18.1. The first-order valence-corrected chi connectivity index (χ1v) is 10.8. The Labute approximate surface area is 164 Å². The van der Waals surface area contributed by atoms with Crippen molar-refractivity contribution < 1.29 is 4.79 Å². The molecule has 0 radical (unpaired) electrons. The van der Waals surface area contributed by atoms with E-state index in [0.717, 1.165) is 41.6 Å². The number of rotatable bonds is 4. The molecule has 1 aliphatic heterocycles. The lowest BCUT2D eigenvalue weighted by Gasteiger charge is -2.10. The molecule has 0 fully saturated rings. The molecule has 1 amide bonds. The smallest absolute Gasteiger partial charge is 0.261 e. The van der Waals surface area contributed by atoms with Gasteiger partial charge in [0.2, 0.25) is 5.13 Å². The van der Waals surface area contributed by atoms with Crippen LogP contribution in [0.2, 0.25) is 0 Å². The molecule has 3 aromatic rings. The molecule has 0 aliphatic carbocycles. The minimum atomic E-state index is -0.280. The summed E-state index contributed by atoms with van der Waals surface area (Å²) in [7, 11) is 0. The van der Waals surface area contributed by atoms with E-state index in [1.165, 1.54) is 11.3 Å². The fourth-order valence-corrected chi connectivity index (χ4v) is 4.81. The maximum atomic E-state index is 12.8. The summed E-state index contributed by atoms with van der Waals surface area (Å²) in [6.45, 7) is 2.75. The van der Waals surface area contributed by atoms with Crippen LogP contribution in [0.15, 0.2) is 27.3 Å². The Morgan fingerprint density at radius 2 is 2.19 bits per heavy atom. The van der Waals surface area contributed by atoms with Crippen LogP contribution in [0.3, 0.4) is 0 Å². The molecular weight excluding hydrogens is 382 g/mol. The van der Waals surface area contributed by atoms with Crippen molar-refractivity contribution in [3.8, 4) is 0 Å². The zero-order valence-electron chi connectivity index (χ0n) is 14.9. The molecule has 9 heteroatoms. The number of nitrogens with one attached hydrogen (secondary N) is 1. The molecule has 140 valence electrons. The summed E-state index contributed by atoms with van der Waals surface area (Å²) in [5.74, 6) is 1.43. The van der Waals surface area contributed by atoms with Crippen molar-refractivity contribution in [2.75, 3.05) is 11.1 Å². The average molecular weight is 402 g/mol. The minimum Gasteiger partial charge on any atom is -0.296 e. The summed E-state index contributed by atoms with van der Waals surface area (Å²) in [5.41, 5.74) is 1.00. The van der Waals surface area contributed by atoms with E-state index in [4.69, 9.17) is 0 Å². The predicted molar refractivity (Wildman–Crippen MR) is 108 cm³/mol. The Balaban J connectivity index is 1.64. The number of aromatic nitrogens is 4. The first-order chi connectivity index (χ1) is 13.2. The molecule has 27 heavy (non-hydrogen) atoms. The van der Waals surface area contributed by atoms with Gasteiger partial charge in [-0.3, -0.25) is 19.5 Å². The number of thioether (sulfide) groups is 1. The van der Waals surface area contributed by atoms with Crippen molar-refractivity contribution in [1.29, 1.82) is 0 Å². The van der Waals surface area contributed by atoms with Crippen molar-refractivity contribution in [2.45, 2.75) is 43.5 Å². The lowest BCUT2D eigenvalue weighted by Crippen LogP contribution is -2.24. The van der Waals surface area contributed by atoms with Crippen LogP contribution >= 0.6 is 23.1 Å². The Morgan fingerprint density at radius 1 is 1.30 bits per heavy atom. The molecular formula is C18H19N5O2S2. The molecule has 0 bridgehead atoms. The largest absolute Gasteiger partial charge is 0.296 e. The number of hydrogen-bond donors (Lipinski definition) is 1. The zero-order chi connectivity index (χ0) is 18.8. The summed E-state index contributed by atoms with van der Waals surface area (Å²) >= 11 is 2.93. The second-order valence-electron chi connectivity index (χ2n) is 6.29. The maximum absolute atomic E-state index is 12.8. The van der Waals surface area contributed by atoms with Crippen molar-refractivity contribution in [3.63, 3.8) is 0 Å². The Bertz CT molecular complexity index is 1060. The third-order valence-electron chi connectivity index (χ3n) is 4.47. The highest BCUT2D eigenvalue weighted by Gasteiger charge is 2.16. The van der Waals surface area contributed by atoms with Gasteiger partial charge in [-0.15, -0.1) is 10.2 Å². The number of carbonyl (C=O) groups excluding carboxylic acids is 1. The normalized spacial score (nSPS) is 14.0. The van der Waals surface area contributed by atoms with Gasteiger partial charge >= 0.3 is 0 Å². The van der Waals surface area contributed by atoms with Gasteiger partial charge in [-0.05, 0) is 36.8 Å². The molecule has 2 aromatic heterocycles. The number of carbonyl (C=O) groups is 1. The van der Waals surface area contributed by atoms with Gasteiger partial charge in [0.1, 0.15) is 5.82 Å². The highest BCUT2D eigenvalue weighted by molar-refractivity contribution is 8.01. The second-order valence-corrected chi connectivity index (χ2v) is 8.78. The van der Waals surface area contributed by atoms with Gasteiger partial charge in [-0.1, -0.05) is 36.4 Å². The molecule has 0 unspecified atom stereocenters. The summed E-state index contributed by atoms with van der Waals surface area (Å²) < 4.78 is 2.60. The quantitative estimate of drug-likeness (QED) is 0.533. The van der Waals surface area contributed by atoms with E-state index in [1.807, 2.05) is 6.92 Å². The topological polar surface area (TPSA) is 89.8 Å². The van der Waals surface area contributed by atoms with E-state index in [1.54, 1.807) is 34.5 Å². The number of fused-ring (bicyclic) bond motifs is 2. The van der Waals surface area contributed by atoms with Crippen LogP contribution in [-0.4, -0.2) is 31.4 Å². The minimum absolute atomic E-state index is 0.0192. The number of nitrogens with zero attached hydrogens (tertiary/aromatic N) is 4. The van der Waals surface area contributed by atoms with Gasteiger partial charge in [0.15, 0.2) is 4.34 Å². The molecule has 1 N–H and O–H groups in total. The molecule has 1 aromatic carbocycles. The molecule has 1 aliphatic rings. The predicted octanol–water partition coefficient (Wildman–Crippen LogP) is 3.34. The summed E-state index contributed by atoms with van der Waals surface area (Å²) in [4.78, 5) is 30.0. The van der Waals surface area contributed by atoms with Crippen molar-refractivity contribution in [1.82, 2.24) is 19.7 Å². The van der Waals surface area contributed by atoms with Gasteiger partial charge in [-0.2, -0.15) is 0 Å². The van der Waals surface area contributed by atoms with E-state index in [-0.39, 0.29) is 11.5 Å². The van der Waals surface area contributed by atoms with Gasteiger partial charge < -0.3 is 0 Å². The first-order valence-electron chi connectivity index (χ1n) is 8.97. The number of benzene rings is 1. The van der Waals surface area contributed by atoms with Gasteiger partial charge in [0.25, 0.3) is 11.5 Å². The second kappa shape index (κ2) is 7.77. The fraction of sp³-hybridized carbons (Fsp3) is 0.389. The molecule has 7 nitrogen and oxygen atoms in total. The van der Waals surface area contributed by atoms with Crippen LogP contribution in [0.5, 0.6) is 0 Å². The van der Waals surface area contributed by atoms with Crippen molar-refractivity contribution >= 4 is 45.0 Å². The van der Waals surface area contributed by atoms with Gasteiger partial charge in [-0.25, -0.2) is 4.98 Å². The Hall–Kier alpha value is -2.26. The highest BCUT2D eigenvalue weighted by atomic mass is 32.2. The van der Waals surface area contributed by atoms with E-state index in [2.05, 4.69) is 20.5 Å². The van der Waals surface area contributed by atoms with E-state index in [0.29, 0.717) is 28.1 Å². The number of aryl methyl sites for hydroxylation is 1. The maximum Gasteiger partial charge on any atom is 0.261 e. The SMILES string of the molecule is CCSc1nnc(NC(=O)c2ccc3c(=O)n4c(nc3c2)CCCCC4)s1. The summed E-state index contributed by atoms with van der Waals surface area (Å²) in [6.07, 6.45) is 3.94. The fourth-order valence-electron chi connectivity index (χ4n) is 3.17. The monoisotopic (exact) mass is 401 g/mol. The Kier molecular flexibility index (Phi) is 5.22. The number of hydrogen-bond acceptors (Lipinski definition) is 7. The molecule has 0 spiro atoms. The number of amides is 1. The van der Waals surface area contributed by atoms with E-state index < -0.39 is 0 Å². The van der Waals surface area contributed by atoms with Crippen molar-refractivity contribution in [2.24, 2.45) is 0 Å². The van der Waals surface area contributed by atoms with Crippen LogP contribution in [0.25, 0.3) is 10.9 Å². The average Bonchev–Trinajstić information content (AvgIpc) is 2.96.